The Hall–Kier alpha value is -3.46. The van der Waals surface area contributed by atoms with Gasteiger partial charge in [0.15, 0.2) is 0 Å². The molecule has 0 aromatic heterocycles. The Morgan fingerprint density at radius 1 is 0.881 bits per heavy atom. The number of hydrogen-bond acceptors (Lipinski definition) is 4. The molecule has 3 aromatic carbocycles. The van der Waals surface area contributed by atoms with Crippen LogP contribution in [0.1, 0.15) is 54.8 Å². The van der Waals surface area contributed by atoms with E-state index in [1.807, 2.05) is 60.7 Å². The maximum Gasteiger partial charge on any atom is 0.247 e. The van der Waals surface area contributed by atoms with Gasteiger partial charge in [-0.05, 0) is 60.9 Å². The maximum atomic E-state index is 14.1. The van der Waals surface area contributed by atoms with Crippen molar-refractivity contribution >= 4 is 33.4 Å². The Bertz CT molecular complexity index is 1460. The van der Waals surface area contributed by atoms with Crippen molar-refractivity contribution in [1.29, 1.82) is 0 Å². The molecule has 0 spiro atoms. The van der Waals surface area contributed by atoms with Crippen molar-refractivity contribution in [2.24, 2.45) is 0 Å². The predicted octanol–water partition coefficient (Wildman–Crippen LogP) is 5.88. The van der Waals surface area contributed by atoms with Crippen LogP contribution >= 0.6 is 11.6 Å². The zero-order chi connectivity index (χ0) is 30.0. The molecule has 3 aromatic rings. The van der Waals surface area contributed by atoms with Gasteiger partial charge in [-0.25, -0.2) is 8.42 Å². The van der Waals surface area contributed by atoms with Crippen molar-refractivity contribution in [3.8, 4) is 0 Å². The molecule has 222 valence electrons. The lowest BCUT2D eigenvalue weighted by atomic mass is 9.97. The third-order valence-electron chi connectivity index (χ3n) is 7.37. The van der Waals surface area contributed by atoms with Crippen LogP contribution in [0.5, 0.6) is 0 Å². The van der Waals surface area contributed by atoms with E-state index in [0.29, 0.717) is 17.1 Å². The molecule has 1 aliphatic carbocycles. The van der Waals surface area contributed by atoms with E-state index in [9.17, 15) is 18.0 Å². The highest BCUT2D eigenvalue weighted by atomic mass is 35.5. The summed E-state index contributed by atoms with van der Waals surface area (Å²) in [6.07, 6.45) is 8.58. The summed E-state index contributed by atoms with van der Waals surface area (Å²) in [6, 6.07) is 24.4. The van der Waals surface area contributed by atoms with Gasteiger partial charge in [0.25, 0.3) is 0 Å². The molecule has 0 bridgehead atoms. The summed E-state index contributed by atoms with van der Waals surface area (Å²) in [6.45, 7) is 0.180. The lowest BCUT2D eigenvalue weighted by Gasteiger charge is -2.33. The van der Waals surface area contributed by atoms with E-state index in [4.69, 9.17) is 11.6 Å². The number of carbonyl (C=O) groups excluding carboxylic acids is 2. The second-order valence-electron chi connectivity index (χ2n) is 10.6. The largest absolute Gasteiger partial charge is 0.354 e. The van der Waals surface area contributed by atoms with Crippen molar-refractivity contribution in [3.05, 3.63) is 118 Å². The SMILES string of the molecule is CS(=O)(=O)N(CC(=O)N(Cc1ccc(Cl)cc1)C(C(=O)NCCC1=CCCCC1)c1ccccc1)Cc1ccccc1. The van der Waals surface area contributed by atoms with Crippen LogP contribution in [0.25, 0.3) is 0 Å². The van der Waals surface area contributed by atoms with Crippen molar-refractivity contribution in [2.45, 2.75) is 51.2 Å². The quantitative estimate of drug-likeness (QED) is 0.246. The first kappa shape index (κ1) is 31.5. The Kier molecular flexibility index (Phi) is 11.3. The van der Waals surface area contributed by atoms with Crippen LogP contribution in [0, 0.1) is 0 Å². The molecule has 1 unspecified atom stereocenters. The monoisotopic (exact) mass is 607 g/mol. The molecule has 0 aliphatic heterocycles. The second-order valence-corrected chi connectivity index (χ2v) is 13.0. The smallest absolute Gasteiger partial charge is 0.247 e. The summed E-state index contributed by atoms with van der Waals surface area (Å²) in [7, 11) is -3.75. The zero-order valence-corrected chi connectivity index (χ0v) is 25.5. The van der Waals surface area contributed by atoms with Gasteiger partial charge in [-0.2, -0.15) is 4.31 Å². The number of carbonyl (C=O) groups is 2. The average Bonchev–Trinajstić information content (AvgIpc) is 2.98. The molecule has 0 fully saturated rings. The highest BCUT2D eigenvalue weighted by Crippen LogP contribution is 2.26. The van der Waals surface area contributed by atoms with Gasteiger partial charge in [0.05, 0.1) is 12.8 Å². The molecule has 1 atom stereocenters. The minimum Gasteiger partial charge on any atom is -0.354 e. The van der Waals surface area contributed by atoms with Crippen LogP contribution in [0.15, 0.2) is 96.6 Å². The van der Waals surface area contributed by atoms with Gasteiger partial charge < -0.3 is 10.2 Å². The lowest BCUT2D eigenvalue weighted by molar-refractivity contribution is -0.141. The number of halogens is 1. The molecule has 2 amide bonds. The highest BCUT2D eigenvalue weighted by Gasteiger charge is 2.33. The van der Waals surface area contributed by atoms with E-state index >= 15 is 0 Å². The number of amides is 2. The first-order valence-corrected chi connectivity index (χ1v) is 16.5. The Balaban J connectivity index is 1.64. The Morgan fingerprint density at radius 3 is 2.14 bits per heavy atom. The summed E-state index contributed by atoms with van der Waals surface area (Å²) in [4.78, 5) is 29.4. The maximum absolute atomic E-state index is 14.1. The van der Waals surface area contributed by atoms with Gasteiger partial charge in [-0.15, -0.1) is 0 Å². The molecule has 4 rings (SSSR count). The molecule has 9 heteroatoms. The number of rotatable bonds is 13. The number of hydrogen-bond donors (Lipinski definition) is 1. The molecular formula is C33H38ClN3O4S. The molecule has 0 saturated carbocycles. The summed E-state index contributed by atoms with van der Waals surface area (Å²) >= 11 is 6.11. The summed E-state index contributed by atoms with van der Waals surface area (Å²) in [5.74, 6) is -0.792. The number of benzene rings is 3. The fourth-order valence-corrected chi connectivity index (χ4v) is 5.97. The van der Waals surface area contributed by atoms with Gasteiger partial charge in [-0.1, -0.05) is 96.0 Å². The van der Waals surface area contributed by atoms with E-state index in [0.717, 1.165) is 47.4 Å². The molecule has 7 nitrogen and oxygen atoms in total. The van der Waals surface area contributed by atoms with Gasteiger partial charge in [0.2, 0.25) is 21.8 Å². The normalized spacial score (nSPS) is 14.2. The molecule has 42 heavy (non-hydrogen) atoms. The molecule has 0 saturated heterocycles. The molecular weight excluding hydrogens is 570 g/mol. The van der Waals surface area contributed by atoms with E-state index in [2.05, 4.69) is 11.4 Å². The third kappa shape index (κ3) is 9.28. The second kappa shape index (κ2) is 15.1. The molecule has 0 heterocycles. The number of nitrogens with one attached hydrogen (secondary N) is 1. The summed E-state index contributed by atoms with van der Waals surface area (Å²) < 4.78 is 26.8. The van der Waals surface area contributed by atoms with E-state index < -0.39 is 28.5 Å². The zero-order valence-electron chi connectivity index (χ0n) is 23.9. The Labute approximate surface area is 254 Å². The summed E-state index contributed by atoms with van der Waals surface area (Å²) in [5, 5.41) is 3.61. The van der Waals surface area contributed by atoms with Crippen molar-refractivity contribution in [3.63, 3.8) is 0 Å². The van der Waals surface area contributed by atoms with Crippen LogP contribution < -0.4 is 5.32 Å². The molecule has 1 aliphatic rings. The van der Waals surface area contributed by atoms with Gasteiger partial charge in [-0.3, -0.25) is 9.59 Å². The first-order chi connectivity index (χ1) is 20.2. The van der Waals surface area contributed by atoms with Crippen LogP contribution in [0.3, 0.4) is 0 Å². The van der Waals surface area contributed by atoms with E-state index in [-0.39, 0.29) is 19.0 Å². The number of allylic oxidation sites excluding steroid dienone is 1. The first-order valence-electron chi connectivity index (χ1n) is 14.2. The molecule has 1 N–H and O–H groups in total. The lowest BCUT2D eigenvalue weighted by Crippen LogP contribution is -2.47. The average molecular weight is 608 g/mol. The van der Waals surface area contributed by atoms with Gasteiger partial charge >= 0.3 is 0 Å². The minimum atomic E-state index is -3.75. The minimum absolute atomic E-state index is 0.0392. The number of sulfonamides is 1. The predicted molar refractivity (Wildman–Crippen MR) is 167 cm³/mol. The fraction of sp³-hybridized carbons (Fsp3) is 0.333. The van der Waals surface area contributed by atoms with E-state index in [1.54, 1.807) is 24.3 Å². The van der Waals surface area contributed by atoms with Crippen LogP contribution in [-0.4, -0.2) is 48.8 Å². The Morgan fingerprint density at radius 2 is 1.52 bits per heavy atom. The van der Waals surface area contributed by atoms with Gasteiger partial charge in [0, 0.05) is 24.7 Å². The van der Waals surface area contributed by atoms with Crippen molar-refractivity contribution in [2.75, 3.05) is 19.3 Å². The topological polar surface area (TPSA) is 86.8 Å². The van der Waals surface area contributed by atoms with Gasteiger partial charge in [0.1, 0.15) is 6.04 Å². The van der Waals surface area contributed by atoms with E-state index in [1.165, 1.54) is 16.9 Å². The third-order valence-corrected chi connectivity index (χ3v) is 8.82. The van der Waals surface area contributed by atoms with Crippen molar-refractivity contribution < 1.29 is 18.0 Å². The fourth-order valence-electron chi connectivity index (χ4n) is 5.11. The standard InChI is InChI=1S/C33H38ClN3O4S/c1-42(40,41)36(23-27-13-7-3-8-14-27)25-31(38)37(24-28-17-19-30(34)20-18-28)32(29-15-9-4-10-16-29)33(39)35-22-21-26-11-5-2-6-12-26/h3-4,7-11,13-20,32H,2,5-6,12,21-25H2,1H3,(H,35,39). The van der Waals surface area contributed by atoms with Crippen LogP contribution in [-0.2, 0) is 32.7 Å². The molecule has 0 radical (unpaired) electrons. The van der Waals surface area contributed by atoms with Crippen molar-refractivity contribution in [1.82, 2.24) is 14.5 Å². The number of nitrogens with zero attached hydrogens (tertiary/aromatic N) is 2. The summed E-state index contributed by atoms with van der Waals surface area (Å²) in [5.41, 5.74) is 3.51. The van der Waals surface area contributed by atoms with Crippen LogP contribution in [0.2, 0.25) is 5.02 Å². The highest BCUT2D eigenvalue weighted by molar-refractivity contribution is 7.88. The van der Waals surface area contributed by atoms with Crippen LogP contribution in [0.4, 0.5) is 0 Å².